The maximum Gasteiger partial charge on any atom is 0.227 e. The summed E-state index contributed by atoms with van der Waals surface area (Å²) in [6.45, 7) is 3.89. The predicted octanol–water partition coefficient (Wildman–Crippen LogP) is 5.04. The molecule has 0 bridgehead atoms. The molecule has 0 aliphatic carbocycles. The number of fused-ring (bicyclic) bond motifs is 1. The van der Waals surface area contributed by atoms with Crippen molar-refractivity contribution in [3.05, 3.63) is 63.6 Å². The van der Waals surface area contributed by atoms with Gasteiger partial charge in [0.15, 0.2) is 0 Å². The molecule has 2 aromatic carbocycles. The van der Waals surface area contributed by atoms with Crippen LogP contribution in [0, 0.1) is 0 Å². The number of halogens is 1. The molecule has 3 nitrogen and oxygen atoms in total. The van der Waals surface area contributed by atoms with Crippen LogP contribution in [0.25, 0.3) is 0 Å². The van der Waals surface area contributed by atoms with Crippen LogP contribution in [0.15, 0.2) is 46.9 Å². The standard InChI is InChI=1S/C20H22BrNO2/c21-18-11-16(13-22-9-5-2-6-10-22)19-17(12-18)14-23-20(24-19)15-7-3-1-4-8-15/h1,3-4,7-8,11-12,20H,2,5-6,9-10,13-14H2/t20-/m1/s1. The van der Waals surface area contributed by atoms with E-state index in [1.165, 1.54) is 37.9 Å². The van der Waals surface area contributed by atoms with Crippen molar-refractivity contribution in [2.75, 3.05) is 13.1 Å². The average molecular weight is 388 g/mol. The molecule has 4 heteroatoms. The molecular formula is C20H22BrNO2. The number of hydrogen-bond donors (Lipinski definition) is 0. The van der Waals surface area contributed by atoms with Crippen molar-refractivity contribution in [1.29, 1.82) is 0 Å². The quantitative estimate of drug-likeness (QED) is 0.735. The van der Waals surface area contributed by atoms with Crippen LogP contribution < -0.4 is 4.74 Å². The van der Waals surface area contributed by atoms with Crippen LogP contribution in [0.2, 0.25) is 0 Å². The molecule has 24 heavy (non-hydrogen) atoms. The van der Waals surface area contributed by atoms with Gasteiger partial charge in [0, 0.05) is 27.7 Å². The number of hydrogen-bond acceptors (Lipinski definition) is 3. The van der Waals surface area contributed by atoms with Crippen LogP contribution in [-0.2, 0) is 17.9 Å². The van der Waals surface area contributed by atoms with Gasteiger partial charge in [0.2, 0.25) is 6.29 Å². The monoisotopic (exact) mass is 387 g/mol. The van der Waals surface area contributed by atoms with Gasteiger partial charge in [0.25, 0.3) is 0 Å². The zero-order chi connectivity index (χ0) is 16.4. The summed E-state index contributed by atoms with van der Waals surface area (Å²) >= 11 is 3.64. The Morgan fingerprint density at radius 3 is 2.62 bits per heavy atom. The smallest absolute Gasteiger partial charge is 0.227 e. The Labute approximate surface area is 151 Å². The molecule has 1 fully saturated rings. The van der Waals surface area contributed by atoms with Crippen molar-refractivity contribution in [1.82, 2.24) is 4.90 Å². The van der Waals surface area contributed by atoms with Crippen molar-refractivity contribution in [3.8, 4) is 5.75 Å². The molecule has 0 spiro atoms. The summed E-state index contributed by atoms with van der Waals surface area (Å²) in [6.07, 6.45) is 3.63. The fourth-order valence-electron chi connectivity index (χ4n) is 3.53. The van der Waals surface area contributed by atoms with Crippen LogP contribution in [0.4, 0.5) is 0 Å². The predicted molar refractivity (Wildman–Crippen MR) is 97.9 cm³/mol. The normalized spacial score (nSPS) is 21.1. The molecule has 4 rings (SSSR count). The Morgan fingerprint density at radius 2 is 1.83 bits per heavy atom. The van der Waals surface area contributed by atoms with Gasteiger partial charge in [0.1, 0.15) is 5.75 Å². The highest BCUT2D eigenvalue weighted by atomic mass is 79.9. The van der Waals surface area contributed by atoms with Crippen molar-refractivity contribution in [2.24, 2.45) is 0 Å². The van der Waals surface area contributed by atoms with Gasteiger partial charge >= 0.3 is 0 Å². The molecule has 0 unspecified atom stereocenters. The van der Waals surface area contributed by atoms with E-state index in [1.807, 2.05) is 18.2 Å². The minimum absolute atomic E-state index is 0.319. The third-order valence-corrected chi connectivity index (χ3v) is 5.19. The van der Waals surface area contributed by atoms with E-state index < -0.39 is 0 Å². The van der Waals surface area contributed by atoms with Crippen LogP contribution in [0.1, 0.15) is 42.2 Å². The van der Waals surface area contributed by atoms with E-state index >= 15 is 0 Å². The third kappa shape index (κ3) is 3.51. The summed E-state index contributed by atoms with van der Waals surface area (Å²) in [7, 11) is 0. The van der Waals surface area contributed by atoms with Gasteiger partial charge in [-0.15, -0.1) is 0 Å². The first-order chi connectivity index (χ1) is 11.8. The third-order valence-electron chi connectivity index (χ3n) is 4.74. The maximum atomic E-state index is 6.28. The van der Waals surface area contributed by atoms with Gasteiger partial charge in [-0.05, 0) is 38.1 Å². The first-order valence-corrected chi connectivity index (χ1v) is 9.46. The lowest BCUT2D eigenvalue weighted by Crippen LogP contribution is -2.30. The Hall–Kier alpha value is -1.36. The molecule has 2 aromatic rings. The summed E-state index contributed by atoms with van der Waals surface area (Å²) < 4.78 is 13.3. The SMILES string of the molecule is Brc1cc2c(c(CN3CCCCC3)c1)O[C@H](c1ccccc1)OC2. The topological polar surface area (TPSA) is 21.7 Å². The van der Waals surface area contributed by atoms with Crippen molar-refractivity contribution < 1.29 is 9.47 Å². The molecule has 2 heterocycles. The van der Waals surface area contributed by atoms with Gasteiger partial charge in [-0.3, -0.25) is 4.90 Å². The fourth-order valence-corrected chi connectivity index (χ4v) is 4.08. The highest BCUT2D eigenvalue weighted by Crippen LogP contribution is 2.38. The molecule has 0 N–H and O–H groups in total. The van der Waals surface area contributed by atoms with Gasteiger partial charge in [-0.25, -0.2) is 0 Å². The molecular weight excluding hydrogens is 366 g/mol. The first-order valence-electron chi connectivity index (χ1n) is 8.66. The van der Waals surface area contributed by atoms with Crippen molar-refractivity contribution in [3.63, 3.8) is 0 Å². The highest BCUT2D eigenvalue weighted by Gasteiger charge is 2.25. The van der Waals surface area contributed by atoms with E-state index in [0.717, 1.165) is 27.9 Å². The average Bonchev–Trinajstić information content (AvgIpc) is 2.63. The Balaban J connectivity index is 1.60. The van der Waals surface area contributed by atoms with Crippen LogP contribution in [-0.4, -0.2) is 18.0 Å². The summed E-state index contributed by atoms with van der Waals surface area (Å²) in [5.41, 5.74) is 3.45. The molecule has 0 radical (unpaired) electrons. The second-order valence-corrected chi connectivity index (χ2v) is 7.48. The highest BCUT2D eigenvalue weighted by molar-refractivity contribution is 9.10. The van der Waals surface area contributed by atoms with Gasteiger partial charge in [0.05, 0.1) is 6.61 Å². The zero-order valence-electron chi connectivity index (χ0n) is 13.7. The lowest BCUT2D eigenvalue weighted by Gasteiger charge is -2.31. The van der Waals surface area contributed by atoms with Crippen molar-refractivity contribution in [2.45, 2.75) is 38.7 Å². The van der Waals surface area contributed by atoms with Crippen LogP contribution >= 0.6 is 15.9 Å². The summed E-state index contributed by atoms with van der Waals surface area (Å²) in [5.74, 6) is 1.00. The maximum absolute atomic E-state index is 6.28. The molecule has 2 aliphatic heterocycles. The summed E-state index contributed by atoms with van der Waals surface area (Å²) in [6, 6.07) is 14.5. The molecule has 1 atom stereocenters. The Kier molecular flexibility index (Phi) is 4.88. The van der Waals surface area contributed by atoms with E-state index in [9.17, 15) is 0 Å². The van der Waals surface area contributed by atoms with Crippen LogP contribution in [0.5, 0.6) is 5.75 Å². The van der Waals surface area contributed by atoms with E-state index in [2.05, 4.69) is 45.1 Å². The van der Waals surface area contributed by atoms with E-state index in [1.54, 1.807) is 0 Å². The number of rotatable bonds is 3. The number of likely N-dealkylation sites (tertiary alicyclic amines) is 1. The number of piperidine rings is 1. The molecule has 0 saturated carbocycles. The van der Waals surface area contributed by atoms with Gasteiger partial charge in [-0.2, -0.15) is 0 Å². The van der Waals surface area contributed by atoms with E-state index in [-0.39, 0.29) is 6.29 Å². The minimum Gasteiger partial charge on any atom is -0.460 e. The molecule has 0 amide bonds. The number of benzene rings is 2. The lowest BCUT2D eigenvalue weighted by molar-refractivity contribution is -0.112. The second kappa shape index (κ2) is 7.26. The molecule has 0 aromatic heterocycles. The second-order valence-electron chi connectivity index (χ2n) is 6.56. The first kappa shape index (κ1) is 16.1. The summed E-state index contributed by atoms with van der Waals surface area (Å²) in [5, 5.41) is 0. The Bertz CT molecular complexity index is 698. The zero-order valence-corrected chi connectivity index (χ0v) is 15.3. The summed E-state index contributed by atoms with van der Waals surface area (Å²) in [4.78, 5) is 2.53. The van der Waals surface area contributed by atoms with E-state index in [0.29, 0.717) is 6.61 Å². The fraction of sp³-hybridized carbons (Fsp3) is 0.400. The molecule has 126 valence electrons. The van der Waals surface area contributed by atoms with Gasteiger partial charge < -0.3 is 9.47 Å². The van der Waals surface area contributed by atoms with Gasteiger partial charge in [-0.1, -0.05) is 52.7 Å². The molecule has 2 aliphatic rings. The van der Waals surface area contributed by atoms with E-state index in [4.69, 9.17) is 9.47 Å². The van der Waals surface area contributed by atoms with Crippen LogP contribution in [0.3, 0.4) is 0 Å². The minimum atomic E-state index is -0.319. The molecule has 1 saturated heterocycles. The number of ether oxygens (including phenoxy) is 2. The lowest BCUT2D eigenvalue weighted by atomic mass is 10.1. The number of nitrogens with zero attached hydrogens (tertiary/aromatic N) is 1. The Morgan fingerprint density at radius 1 is 1.04 bits per heavy atom. The largest absolute Gasteiger partial charge is 0.460 e. The van der Waals surface area contributed by atoms with Crippen molar-refractivity contribution >= 4 is 15.9 Å².